The van der Waals surface area contributed by atoms with Gasteiger partial charge in [-0.1, -0.05) is 0 Å². The van der Waals surface area contributed by atoms with Crippen molar-refractivity contribution in [3.8, 4) is 0 Å². The minimum absolute atomic E-state index is 0.146. The van der Waals surface area contributed by atoms with E-state index in [1.165, 1.54) is 0 Å². The van der Waals surface area contributed by atoms with Crippen LogP contribution < -0.4 is 10.9 Å². The van der Waals surface area contributed by atoms with Gasteiger partial charge in [-0.3, -0.25) is 0 Å². The van der Waals surface area contributed by atoms with Crippen molar-refractivity contribution in [3.05, 3.63) is 0 Å². The summed E-state index contributed by atoms with van der Waals surface area (Å²) in [6.45, 7) is 1.59. The average molecular weight is 138 g/mol. The Balaban J connectivity index is 3.75. The highest BCUT2D eigenvalue weighted by atomic mass is 32.2. The molecule has 0 aliphatic heterocycles. The van der Waals surface area contributed by atoms with Gasteiger partial charge in [-0.05, 0) is 6.92 Å². The van der Waals surface area contributed by atoms with Gasteiger partial charge in [0.1, 0.15) is 0 Å². The first-order chi connectivity index (χ1) is 3.42. The van der Waals surface area contributed by atoms with E-state index in [-0.39, 0.29) is 11.8 Å². The lowest BCUT2D eigenvalue weighted by Crippen LogP contribution is -2.30. The maximum atomic E-state index is 10.1. The lowest BCUT2D eigenvalue weighted by Gasteiger charge is -1.99. The molecule has 0 aromatic heterocycles. The molecule has 0 saturated carbocycles. The molecule has 0 saturated heterocycles. The molecule has 0 aliphatic carbocycles. The summed E-state index contributed by atoms with van der Waals surface area (Å²) in [7, 11) is -3.35. The summed E-state index contributed by atoms with van der Waals surface area (Å²) in [5.41, 5.74) is 5.12. The molecule has 8 heavy (non-hydrogen) atoms. The van der Waals surface area contributed by atoms with Gasteiger partial charge < -0.3 is 5.73 Å². The van der Waals surface area contributed by atoms with Crippen molar-refractivity contribution < 1.29 is 8.42 Å². The van der Waals surface area contributed by atoms with E-state index in [1.54, 1.807) is 6.92 Å². The van der Waals surface area contributed by atoms with Crippen LogP contribution in [0.5, 0.6) is 0 Å². The molecule has 0 bridgehead atoms. The van der Waals surface area contributed by atoms with Crippen LogP contribution in [-0.2, 0) is 10.0 Å². The average Bonchev–Trinajstić information content (AvgIpc) is 1.21. The fourth-order valence-electron chi connectivity index (χ4n) is 0.366. The summed E-state index contributed by atoms with van der Waals surface area (Å²) in [5.74, 6) is -0.146. The van der Waals surface area contributed by atoms with Gasteiger partial charge in [0.05, 0.1) is 5.75 Å². The second-order valence-corrected chi connectivity index (χ2v) is 3.47. The quantitative estimate of drug-likeness (QED) is 0.493. The Morgan fingerprint density at radius 2 is 2.00 bits per heavy atom. The summed E-state index contributed by atoms with van der Waals surface area (Å²) in [4.78, 5) is 0. The van der Waals surface area contributed by atoms with Crippen LogP contribution in [0, 0.1) is 0 Å². The molecule has 0 rings (SSSR count). The highest BCUT2D eigenvalue weighted by Gasteiger charge is 2.04. The molecule has 1 atom stereocenters. The van der Waals surface area contributed by atoms with Crippen LogP contribution in [0.1, 0.15) is 6.92 Å². The zero-order valence-electron chi connectivity index (χ0n) is 4.66. The van der Waals surface area contributed by atoms with Crippen molar-refractivity contribution in [1.82, 2.24) is 0 Å². The first kappa shape index (κ1) is 7.87. The first-order valence-corrected chi connectivity index (χ1v) is 3.89. The highest BCUT2D eigenvalue weighted by molar-refractivity contribution is 7.89. The summed E-state index contributed by atoms with van der Waals surface area (Å²) >= 11 is 0. The van der Waals surface area contributed by atoms with Gasteiger partial charge >= 0.3 is 0 Å². The number of rotatable bonds is 2. The van der Waals surface area contributed by atoms with Crippen molar-refractivity contribution in [1.29, 1.82) is 0 Å². The molecule has 0 amide bonds. The van der Waals surface area contributed by atoms with Crippen molar-refractivity contribution in [3.63, 3.8) is 0 Å². The van der Waals surface area contributed by atoms with E-state index in [0.29, 0.717) is 0 Å². The van der Waals surface area contributed by atoms with Gasteiger partial charge in [0.25, 0.3) is 0 Å². The normalized spacial score (nSPS) is 15.9. The number of primary sulfonamides is 1. The van der Waals surface area contributed by atoms with E-state index in [9.17, 15) is 8.42 Å². The number of sulfonamides is 1. The fourth-order valence-corrected chi connectivity index (χ4v) is 1.10. The van der Waals surface area contributed by atoms with Gasteiger partial charge in [-0.15, -0.1) is 0 Å². The van der Waals surface area contributed by atoms with E-state index in [0.717, 1.165) is 0 Å². The Labute approximate surface area is 48.9 Å². The zero-order valence-corrected chi connectivity index (χ0v) is 5.48. The van der Waals surface area contributed by atoms with E-state index in [1.807, 2.05) is 0 Å². The smallest absolute Gasteiger partial charge is 0.210 e. The molecule has 50 valence electrons. The Morgan fingerprint density at radius 3 is 2.00 bits per heavy atom. The molecule has 4 N–H and O–H groups in total. The fraction of sp³-hybridized carbons (Fsp3) is 1.00. The van der Waals surface area contributed by atoms with Crippen molar-refractivity contribution in [2.45, 2.75) is 13.0 Å². The Morgan fingerprint density at radius 1 is 1.62 bits per heavy atom. The third kappa shape index (κ3) is 5.87. The lowest BCUT2D eigenvalue weighted by molar-refractivity contribution is 0.592. The first-order valence-electron chi connectivity index (χ1n) is 2.18. The summed E-state index contributed by atoms with van der Waals surface area (Å²) < 4.78 is 20.3. The van der Waals surface area contributed by atoms with E-state index in [2.05, 4.69) is 5.14 Å². The largest absolute Gasteiger partial charge is 0.327 e. The Kier molecular flexibility index (Phi) is 2.39. The number of nitrogens with two attached hydrogens (primary N) is 2. The van der Waals surface area contributed by atoms with Gasteiger partial charge in [0.2, 0.25) is 10.0 Å². The van der Waals surface area contributed by atoms with Crippen molar-refractivity contribution >= 4 is 10.0 Å². The summed E-state index contributed by atoms with van der Waals surface area (Å²) in [5, 5.41) is 4.63. The molecular formula is C3H10N2O2S. The topological polar surface area (TPSA) is 86.2 Å². The van der Waals surface area contributed by atoms with Gasteiger partial charge in [-0.25, -0.2) is 13.6 Å². The standard InChI is InChI=1S/C3H10N2O2S/c1-3(4)2-8(5,6)7/h3H,2,4H2,1H3,(H2,5,6,7). The molecular weight excluding hydrogens is 128 g/mol. The van der Waals surface area contributed by atoms with Crippen LogP contribution in [-0.4, -0.2) is 20.2 Å². The van der Waals surface area contributed by atoms with Crippen LogP contribution in [0.15, 0.2) is 0 Å². The van der Waals surface area contributed by atoms with E-state index in [4.69, 9.17) is 5.73 Å². The molecule has 0 radical (unpaired) electrons. The van der Waals surface area contributed by atoms with Gasteiger partial charge in [-0.2, -0.15) is 0 Å². The molecule has 5 heteroatoms. The second-order valence-electron chi connectivity index (χ2n) is 1.81. The predicted molar refractivity (Wildman–Crippen MR) is 31.6 cm³/mol. The van der Waals surface area contributed by atoms with Crippen molar-refractivity contribution in [2.24, 2.45) is 10.9 Å². The van der Waals surface area contributed by atoms with E-state index >= 15 is 0 Å². The SMILES string of the molecule is CC(N)CS(N)(=O)=O. The predicted octanol–water partition coefficient (Wildman–Crippen LogP) is -1.38. The molecule has 0 aliphatic rings. The minimum atomic E-state index is -3.35. The molecule has 1 unspecified atom stereocenters. The molecule has 0 spiro atoms. The number of hydrogen-bond acceptors (Lipinski definition) is 3. The zero-order chi connectivity index (χ0) is 6.78. The van der Waals surface area contributed by atoms with Crippen LogP contribution in [0.2, 0.25) is 0 Å². The van der Waals surface area contributed by atoms with Gasteiger partial charge in [0, 0.05) is 6.04 Å². The monoisotopic (exact) mass is 138 g/mol. The van der Waals surface area contributed by atoms with Gasteiger partial charge in [0.15, 0.2) is 0 Å². The van der Waals surface area contributed by atoms with Crippen LogP contribution in [0.3, 0.4) is 0 Å². The summed E-state index contributed by atoms with van der Waals surface area (Å²) in [6, 6.07) is -0.370. The molecule has 4 nitrogen and oxygen atoms in total. The third-order valence-corrected chi connectivity index (χ3v) is 1.49. The Hall–Kier alpha value is -0.130. The lowest BCUT2D eigenvalue weighted by atomic mass is 10.4. The Bertz CT molecular complexity index is 149. The molecule has 0 aromatic rings. The third-order valence-electron chi connectivity index (χ3n) is 0.495. The number of hydrogen-bond donors (Lipinski definition) is 2. The van der Waals surface area contributed by atoms with Crippen LogP contribution in [0.25, 0.3) is 0 Å². The minimum Gasteiger partial charge on any atom is -0.327 e. The molecule has 0 fully saturated rings. The second kappa shape index (κ2) is 2.43. The maximum absolute atomic E-state index is 10.1. The highest BCUT2D eigenvalue weighted by Crippen LogP contribution is 1.80. The maximum Gasteiger partial charge on any atom is 0.210 e. The molecule has 0 aromatic carbocycles. The van der Waals surface area contributed by atoms with Crippen molar-refractivity contribution in [2.75, 3.05) is 5.75 Å². The van der Waals surface area contributed by atoms with E-state index < -0.39 is 10.0 Å². The molecule has 0 heterocycles. The van der Waals surface area contributed by atoms with Crippen LogP contribution >= 0.6 is 0 Å². The summed E-state index contributed by atoms with van der Waals surface area (Å²) in [6.07, 6.45) is 0. The van der Waals surface area contributed by atoms with Crippen LogP contribution in [0.4, 0.5) is 0 Å².